The summed E-state index contributed by atoms with van der Waals surface area (Å²) in [4.78, 5) is 15.0. The van der Waals surface area contributed by atoms with Crippen LogP contribution in [0.2, 0.25) is 0 Å². The van der Waals surface area contributed by atoms with E-state index in [1.165, 1.54) is 4.88 Å². The Morgan fingerprint density at radius 3 is 2.86 bits per heavy atom. The molecule has 1 atom stereocenters. The monoisotopic (exact) mass is 318 g/mol. The van der Waals surface area contributed by atoms with Crippen LogP contribution in [0, 0.1) is 6.92 Å². The summed E-state index contributed by atoms with van der Waals surface area (Å²) in [5.74, 6) is 0.787. The van der Waals surface area contributed by atoms with Gasteiger partial charge in [-0.25, -0.2) is 9.97 Å². The van der Waals surface area contributed by atoms with Gasteiger partial charge in [0.15, 0.2) is 0 Å². The normalized spacial score (nSPS) is 17.4. The molecule has 3 rings (SSSR count). The summed E-state index contributed by atoms with van der Waals surface area (Å²) in [5, 5.41) is 2.14. The molecule has 118 valence electrons. The summed E-state index contributed by atoms with van der Waals surface area (Å²) in [7, 11) is 2.07. The number of thiophene rings is 1. The molecular formula is C16H22N4OS. The lowest BCUT2D eigenvalue weighted by molar-refractivity contribution is 0.0183. The average Bonchev–Trinajstić information content (AvgIpc) is 3.07. The van der Waals surface area contributed by atoms with Crippen LogP contribution in [0.25, 0.3) is 0 Å². The van der Waals surface area contributed by atoms with Gasteiger partial charge in [0, 0.05) is 43.4 Å². The third-order valence-electron chi connectivity index (χ3n) is 3.93. The maximum Gasteiger partial charge on any atom is 0.225 e. The second-order valence-corrected chi connectivity index (χ2v) is 6.54. The van der Waals surface area contributed by atoms with Crippen molar-refractivity contribution in [1.82, 2.24) is 14.9 Å². The number of rotatable bonds is 5. The zero-order valence-electron chi connectivity index (χ0n) is 13.1. The Morgan fingerprint density at radius 2 is 2.18 bits per heavy atom. The van der Waals surface area contributed by atoms with Crippen molar-refractivity contribution in [1.29, 1.82) is 0 Å². The van der Waals surface area contributed by atoms with Gasteiger partial charge in [-0.05, 0) is 24.4 Å². The number of hydrogen-bond donors (Lipinski definition) is 0. The molecule has 6 heteroatoms. The Labute approximate surface area is 135 Å². The van der Waals surface area contributed by atoms with Gasteiger partial charge < -0.3 is 9.64 Å². The van der Waals surface area contributed by atoms with Gasteiger partial charge in [-0.3, -0.25) is 4.90 Å². The van der Waals surface area contributed by atoms with Gasteiger partial charge in [-0.1, -0.05) is 6.07 Å². The van der Waals surface area contributed by atoms with E-state index in [4.69, 9.17) is 4.74 Å². The lowest BCUT2D eigenvalue weighted by Crippen LogP contribution is -2.43. The third-order valence-corrected chi connectivity index (χ3v) is 4.90. The Bertz CT molecular complexity index is 584. The molecule has 1 fully saturated rings. The highest BCUT2D eigenvalue weighted by molar-refractivity contribution is 7.10. The Balaban J connectivity index is 1.77. The van der Waals surface area contributed by atoms with Gasteiger partial charge >= 0.3 is 0 Å². The molecule has 3 heterocycles. The molecule has 0 aliphatic carbocycles. The van der Waals surface area contributed by atoms with E-state index < -0.39 is 0 Å². The van der Waals surface area contributed by atoms with E-state index in [1.54, 1.807) is 0 Å². The fourth-order valence-corrected chi connectivity index (χ4v) is 3.57. The molecule has 0 radical (unpaired) electrons. The Kier molecular flexibility index (Phi) is 5.02. The summed E-state index contributed by atoms with van der Waals surface area (Å²) >= 11 is 1.82. The van der Waals surface area contributed by atoms with Crippen LogP contribution in [-0.4, -0.2) is 54.8 Å². The number of hydrogen-bond acceptors (Lipinski definition) is 6. The van der Waals surface area contributed by atoms with Crippen LogP contribution < -0.4 is 4.90 Å². The van der Waals surface area contributed by atoms with Crippen molar-refractivity contribution < 1.29 is 4.74 Å². The number of morpholine rings is 1. The average molecular weight is 318 g/mol. The van der Waals surface area contributed by atoms with E-state index in [-0.39, 0.29) is 0 Å². The maximum absolute atomic E-state index is 5.50. The molecule has 0 amide bonds. The topological polar surface area (TPSA) is 41.5 Å². The third kappa shape index (κ3) is 3.63. The summed E-state index contributed by atoms with van der Waals surface area (Å²) in [6, 6.07) is 6.63. The first kappa shape index (κ1) is 15.4. The van der Waals surface area contributed by atoms with Crippen LogP contribution in [0.5, 0.6) is 0 Å². The minimum Gasteiger partial charge on any atom is -0.379 e. The zero-order chi connectivity index (χ0) is 15.4. The fourth-order valence-electron chi connectivity index (χ4n) is 2.72. The lowest BCUT2D eigenvalue weighted by atomic mass is 10.2. The van der Waals surface area contributed by atoms with E-state index in [0.29, 0.717) is 6.04 Å². The molecule has 1 saturated heterocycles. The van der Waals surface area contributed by atoms with Gasteiger partial charge in [0.05, 0.1) is 19.3 Å². The summed E-state index contributed by atoms with van der Waals surface area (Å²) in [5.41, 5.74) is 0.996. The predicted molar refractivity (Wildman–Crippen MR) is 89.5 cm³/mol. The van der Waals surface area contributed by atoms with Gasteiger partial charge in [-0.15, -0.1) is 11.3 Å². The fraction of sp³-hybridized carbons (Fsp3) is 0.500. The highest BCUT2D eigenvalue weighted by Crippen LogP contribution is 2.27. The first-order valence-electron chi connectivity index (χ1n) is 7.60. The van der Waals surface area contributed by atoms with E-state index in [9.17, 15) is 0 Å². The van der Waals surface area contributed by atoms with Crippen molar-refractivity contribution >= 4 is 17.3 Å². The van der Waals surface area contributed by atoms with E-state index in [2.05, 4.69) is 44.3 Å². The second-order valence-electron chi connectivity index (χ2n) is 5.56. The number of ether oxygens (including phenoxy) is 1. The highest BCUT2D eigenvalue weighted by Gasteiger charge is 2.25. The standard InChI is InChI=1S/C16H22N4OS/c1-13-5-6-17-16(18-13)19(2)12-14(15-4-3-11-22-15)20-7-9-21-10-8-20/h3-6,11,14H,7-10,12H2,1-2H3. The summed E-state index contributed by atoms with van der Waals surface area (Å²) in [6.45, 7) is 6.46. The smallest absolute Gasteiger partial charge is 0.225 e. The number of likely N-dealkylation sites (N-methyl/N-ethyl adjacent to an activating group) is 1. The highest BCUT2D eigenvalue weighted by atomic mass is 32.1. The number of aryl methyl sites for hydroxylation is 1. The molecule has 1 aliphatic heterocycles. The largest absolute Gasteiger partial charge is 0.379 e. The quantitative estimate of drug-likeness (QED) is 0.846. The molecule has 22 heavy (non-hydrogen) atoms. The van der Waals surface area contributed by atoms with Crippen LogP contribution in [0.3, 0.4) is 0 Å². The van der Waals surface area contributed by atoms with Crippen molar-refractivity contribution in [3.05, 3.63) is 40.3 Å². The minimum atomic E-state index is 0.359. The van der Waals surface area contributed by atoms with Crippen molar-refractivity contribution in [3.63, 3.8) is 0 Å². The van der Waals surface area contributed by atoms with E-state index in [1.807, 2.05) is 30.5 Å². The predicted octanol–water partition coefficient (Wildman–Crippen LogP) is 2.36. The van der Waals surface area contributed by atoms with Gasteiger partial charge in [0.25, 0.3) is 0 Å². The number of nitrogens with zero attached hydrogens (tertiary/aromatic N) is 4. The number of anilines is 1. The molecule has 0 N–H and O–H groups in total. The van der Waals surface area contributed by atoms with Crippen LogP contribution >= 0.6 is 11.3 Å². The van der Waals surface area contributed by atoms with Crippen LogP contribution in [0.4, 0.5) is 5.95 Å². The van der Waals surface area contributed by atoms with Gasteiger partial charge in [0.1, 0.15) is 0 Å². The molecule has 5 nitrogen and oxygen atoms in total. The Morgan fingerprint density at radius 1 is 1.36 bits per heavy atom. The summed E-state index contributed by atoms with van der Waals surface area (Å²) in [6.07, 6.45) is 1.82. The zero-order valence-corrected chi connectivity index (χ0v) is 13.9. The molecule has 0 saturated carbocycles. The maximum atomic E-state index is 5.50. The van der Waals surface area contributed by atoms with Gasteiger partial charge in [0.2, 0.25) is 5.95 Å². The van der Waals surface area contributed by atoms with Crippen molar-refractivity contribution in [2.75, 3.05) is 44.8 Å². The SMILES string of the molecule is Cc1ccnc(N(C)CC(c2cccs2)N2CCOCC2)n1. The first-order chi connectivity index (χ1) is 10.7. The van der Waals surface area contributed by atoms with Gasteiger partial charge in [-0.2, -0.15) is 0 Å². The molecule has 2 aromatic heterocycles. The molecule has 1 unspecified atom stereocenters. The van der Waals surface area contributed by atoms with Crippen LogP contribution in [-0.2, 0) is 4.74 Å². The molecule has 0 aromatic carbocycles. The molecule has 0 bridgehead atoms. The van der Waals surface area contributed by atoms with Crippen LogP contribution in [0.15, 0.2) is 29.8 Å². The first-order valence-corrected chi connectivity index (χ1v) is 8.48. The van der Waals surface area contributed by atoms with Crippen molar-refractivity contribution in [2.24, 2.45) is 0 Å². The van der Waals surface area contributed by atoms with Crippen molar-refractivity contribution in [2.45, 2.75) is 13.0 Å². The lowest BCUT2D eigenvalue weighted by Gasteiger charge is -2.36. The molecule has 2 aromatic rings. The van der Waals surface area contributed by atoms with E-state index >= 15 is 0 Å². The molecule has 1 aliphatic rings. The minimum absolute atomic E-state index is 0.359. The van der Waals surface area contributed by atoms with E-state index in [0.717, 1.165) is 44.5 Å². The summed E-state index contributed by atoms with van der Waals surface area (Å²) < 4.78 is 5.50. The number of aromatic nitrogens is 2. The van der Waals surface area contributed by atoms with Crippen LogP contribution in [0.1, 0.15) is 16.6 Å². The Hall–Kier alpha value is -1.50. The van der Waals surface area contributed by atoms with Crippen molar-refractivity contribution in [3.8, 4) is 0 Å². The second kappa shape index (κ2) is 7.17. The molecule has 0 spiro atoms. The molecular weight excluding hydrogens is 296 g/mol.